The van der Waals surface area contributed by atoms with Gasteiger partial charge < -0.3 is 24.7 Å². The number of carbonyl (C=O) groups excluding carboxylic acids is 2. The van der Waals surface area contributed by atoms with E-state index in [4.69, 9.17) is 9.47 Å². The van der Waals surface area contributed by atoms with Crippen molar-refractivity contribution in [1.82, 2.24) is 20.1 Å². The summed E-state index contributed by atoms with van der Waals surface area (Å²) < 4.78 is 12.3. The maximum absolute atomic E-state index is 12.6. The van der Waals surface area contributed by atoms with Crippen molar-refractivity contribution in [2.24, 2.45) is 7.05 Å². The van der Waals surface area contributed by atoms with E-state index in [1.54, 1.807) is 29.8 Å². The Morgan fingerprint density at radius 2 is 2.06 bits per heavy atom. The normalized spacial score (nSPS) is 13.7. The zero-order valence-electron chi connectivity index (χ0n) is 18.9. The van der Waals surface area contributed by atoms with E-state index in [2.05, 4.69) is 26.9 Å². The lowest BCUT2D eigenvalue weighted by molar-refractivity contribution is -0.113. The Morgan fingerprint density at radius 1 is 1.23 bits per heavy atom. The van der Waals surface area contributed by atoms with Crippen LogP contribution in [-0.4, -0.2) is 39.1 Å². The first-order valence-corrected chi connectivity index (χ1v) is 12.9. The van der Waals surface area contributed by atoms with E-state index >= 15 is 0 Å². The van der Waals surface area contributed by atoms with Gasteiger partial charge in [0.2, 0.25) is 12.7 Å². The molecule has 0 saturated carbocycles. The highest BCUT2D eigenvalue weighted by Crippen LogP contribution is 2.37. The molecule has 2 amide bonds. The molecule has 0 spiro atoms. The minimum absolute atomic E-state index is 0.128. The van der Waals surface area contributed by atoms with Crippen LogP contribution >= 0.6 is 23.1 Å². The molecule has 1 aliphatic carbocycles. The van der Waals surface area contributed by atoms with Crippen LogP contribution in [0.3, 0.4) is 0 Å². The second-order valence-electron chi connectivity index (χ2n) is 8.07. The number of thioether (sulfide) groups is 1. The summed E-state index contributed by atoms with van der Waals surface area (Å²) in [7, 11) is 1.78. The molecule has 0 fully saturated rings. The first kappa shape index (κ1) is 23.2. The van der Waals surface area contributed by atoms with Crippen molar-refractivity contribution in [3.8, 4) is 17.6 Å². The largest absolute Gasteiger partial charge is 0.454 e. The van der Waals surface area contributed by atoms with Crippen molar-refractivity contribution in [3.63, 3.8) is 0 Å². The highest BCUT2D eigenvalue weighted by molar-refractivity contribution is 7.99. The van der Waals surface area contributed by atoms with Gasteiger partial charge in [-0.05, 0) is 49.4 Å². The minimum atomic E-state index is -0.271. The second-order valence-corrected chi connectivity index (χ2v) is 10.1. The van der Waals surface area contributed by atoms with Gasteiger partial charge in [-0.1, -0.05) is 11.8 Å². The molecule has 0 saturated heterocycles. The molecule has 0 radical (unpaired) electrons. The molecule has 180 valence electrons. The molecular weight excluding hydrogens is 488 g/mol. The molecule has 10 nitrogen and oxygen atoms in total. The van der Waals surface area contributed by atoms with E-state index in [-0.39, 0.29) is 30.9 Å². The van der Waals surface area contributed by atoms with Crippen molar-refractivity contribution in [2.75, 3.05) is 17.9 Å². The van der Waals surface area contributed by atoms with Crippen molar-refractivity contribution < 1.29 is 19.1 Å². The number of nitrogens with one attached hydrogen (secondary N) is 2. The van der Waals surface area contributed by atoms with Crippen molar-refractivity contribution in [2.45, 2.75) is 37.4 Å². The lowest BCUT2D eigenvalue weighted by Gasteiger charge is -2.09. The number of amides is 2. The Kier molecular flexibility index (Phi) is 6.61. The van der Waals surface area contributed by atoms with E-state index in [1.165, 1.54) is 28.0 Å². The van der Waals surface area contributed by atoms with E-state index in [1.807, 2.05) is 0 Å². The molecule has 0 unspecified atom stereocenters. The average Bonchev–Trinajstić information content (AvgIpc) is 3.57. The van der Waals surface area contributed by atoms with Gasteiger partial charge in [0, 0.05) is 17.5 Å². The summed E-state index contributed by atoms with van der Waals surface area (Å²) >= 11 is 2.75. The summed E-state index contributed by atoms with van der Waals surface area (Å²) in [5.41, 5.74) is 2.14. The number of thiophene rings is 1. The molecule has 3 heterocycles. The molecule has 12 heteroatoms. The summed E-state index contributed by atoms with van der Waals surface area (Å²) in [5.74, 6) is 1.36. The van der Waals surface area contributed by atoms with E-state index in [0.29, 0.717) is 38.6 Å². The van der Waals surface area contributed by atoms with Crippen LogP contribution in [0.4, 0.5) is 5.00 Å². The second kappa shape index (κ2) is 9.97. The van der Waals surface area contributed by atoms with Crippen LogP contribution in [0, 0.1) is 11.3 Å². The minimum Gasteiger partial charge on any atom is -0.454 e. The molecule has 5 rings (SSSR count). The number of rotatable bonds is 7. The Bertz CT molecular complexity index is 1340. The Morgan fingerprint density at radius 3 is 2.91 bits per heavy atom. The molecule has 0 atom stereocenters. The quantitative estimate of drug-likeness (QED) is 0.464. The molecule has 0 bridgehead atoms. The van der Waals surface area contributed by atoms with Crippen molar-refractivity contribution >= 4 is 39.9 Å². The van der Waals surface area contributed by atoms with Crippen LogP contribution in [0.2, 0.25) is 0 Å². The lowest BCUT2D eigenvalue weighted by Crippen LogP contribution is -2.24. The van der Waals surface area contributed by atoms with Gasteiger partial charge in [-0.25, -0.2) is 0 Å². The standard InChI is InChI=1S/C23H22N6O4S2/c1-29-19(10-25-21(31)13-6-7-16-17(8-13)33-12-32-16)27-28-23(29)34-11-20(30)26-22-15(9-24)14-4-2-3-5-18(14)35-22/h6-8H,2-5,10-12H2,1H3,(H,25,31)(H,26,30). The third-order valence-electron chi connectivity index (χ3n) is 5.84. The zero-order chi connectivity index (χ0) is 24.4. The number of nitriles is 1. The van der Waals surface area contributed by atoms with Gasteiger partial charge in [0.1, 0.15) is 11.1 Å². The lowest BCUT2D eigenvalue weighted by atomic mass is 9.96. The van der Waals surface area contributed by atoms with Gasteiger partial charge in [0.15, 0.2) is 22.5 Å². The predicted octanol–water partition coefficient (Wildman–Crippen LogP) is 3.02. The fourth-order valence-electron chi connectivity index (χ4n) is 3.99. The summed E-state index contributed by atoms with van der Waals surface area (Å²) in [6.07, 6.45) is 4.05. The summed E-state index contributed by atoms with van der Waals surface area (Å²) in [6, 6.07) is 7.26. The number of hydrogen-bond donors (Lipinski definition) is 2. The third-order valence-corrected chi connectivity index (χ3v) is 8.06. The maximum atomic E-state index is 12.6. The first-order valence-electron chi connectivity index (χ1n) is 11.1. The van der Waals surface area contributed by atoms with Gasteiger partial charge in [-0.15, -0.1) is 21.5 Å². The number of benzene rings is 1. The van der Waals surface area contributed by atoms with Crippen LogP contribution < -0.4 is 20.1 Å². The molecule has 2 aliphatic rings. The molecule has 2 N–H and O–H groups in total. The number of anilines is 1. The van der Waals surface area contributed by atoms with Crippen molar-refractivity contribution in [1.29, 1.82) is 5.26 Å². The molecule has 1 aromatic carbocycles. The van der Waals surface area contributed by atoms with Crippen LogP contribution in [0.25, 0.3) is 0 Å². The fourth-order valence-corrected chi connectivity index (χ4v) is 5.97. The number of aryl methyl sites for hydroxylation is 1. The van der Waals surface area contributed by atoms with Gasteiger partial charge in [0.25, 0.3) is 5.91 Å². The Labute approximate surface area is 209 Å². The zero-order valence-corrected chi connectivity index (χ0v) is 20.6. The SMILES string of the molecule is Cn1c(CNC(=O)c2ccc3c(c2)OCO3)nnc1SCC(=O)Nc1sc2c(c1C#N)CCCC2. The van der Waals surface area contributed by atoms with Gasteiger partial charge in [-0.2, -0.15) is 5.26 Å². The number of aromatic nitrogens is 3. The molecule has 2 aromatic heterocycles. The monoisotopic (exact) mass is 510 g/mol. The number of carbonyl (C=O) groups is 2. The van der Waals surface area contributed by atoms with Gasteiger partial charge in [0.05, 0.1) is 17.9 Å². The topological polar surface area (TPSA) is 131 Å². The van der Waals surface area contributed by atoms with Crippen molar-refractivity contribution in [3.05, 3.63) is 45.6 Å². The maximum Gasteiger partial charge on any atom is 0.251 e. The summed E-state index contributed by atoms with van der Waals surface area (Å²) in [5, 5.41) is 24.7. The number of fused-ring (bicyclic) bond motifs is 2. The predicted molar refractivity (Wildman–Crippen MR) is 130 cm³/mol. The number of nitrogens with zero attached hydrogens (tertiary/aromatic N) is 4. The first-order chi connectivity index (χ1) is 17.0. The molecule has 35 heavy (non-hydrogen) atoms. The number of ether oxygens (including phenoxy) is 2. The van der Waals surface area contributed by atoms with Gasteiger partial charge in [-0.3, -0.25) is 9.59 Å². The number of hydrogen-bond acceptors (Lipinski definition) is 9. The summed E-state index contributed by atoms with van der Waals surface area (Å²) in [4.78, 5) is 26.3. The highest BCUT2D eigenvalue weighted by Gasteiger charge is 2.22. The Balaban J connectivity index is 1.15. The van der Waals surface area contributed by atoms with E-state index in [0.717, 1.165) is 31.2 Å². The Hall–Kier alpha value is -3.56. The molecule has 3 aromatic rings. The van der Waals surface area contributed by atoms with E-state index < -0.39 is 0 Å². The van der Waals surface area contributed by atoms with Gasteiger partial charge >= 0.3 is 0 Å². The average molecular weight is 511 g/mol. The van der Waals surface area contributed by atoms with Crippen LogP contribution in [-0.2, 0) is 31.2 Å². The third kappa shape index (κ3) is 4.82. The molecule has 1 aliphatic heterocycles. The fraction of sp³-hybridized carbons (Fsp3) is 0.348. The van der Waals surface area contributed by atoms with E-state index in [9.17, 15) is 14.9 Å². The van der Waals surface area contributed by atoms with Crippen LogP contribution in [0.5, 0.6) is 11.5 Å². The summed E-state index contributed by atoms with van der Waals surface area (Å²) in [6.45, 7) is 0.322. The smallest absolute Gasteiger partial charge is 0.251 e. The highest BCUT2D eigenvalue weighted by atomic mass is 32.2. The van der Waals surface area contributed by atoms with Crippen LogP contribution in [0.1, 0.15) is 45.0 Å². The van der Waals surface area contributed by atoms with Crippen LogP contribution in [0.15, 0.2) is 23.4 Å². The molecular formula is C23H22N6O4S2.